The summed E-state index contributed by atoms with van der Waals surface area (Å²) in [7, 11) is 0. The van der Waals surface area contributed by atoms with Crippen molar-refractivity contribution in [2.24, 2.45) is 0 Å². The molecule has 6 heteroatoms. The molecule has 19 heavy (non-hydrogen) atoms. The van der Waals surface area contributed by atoms with Crippen LogP contribution in [0.5, 0.6) is 0 Å². The topological polar surface area (TPSA) is 65.2 Å². The van der Waals surface area contributed by atoms with Crippen LogP contribution in [0.25, 0.3) is 0 Å². The van der Waals surface area contributed by atoms with Gasteiger partial charge < -0.3 is 10.5 Å². The van der Waals surface area contributed by atoms with Crippen LogP contribution in [0.15, 0.2) is 36.7 Å². The van der Waals surface area contributed by atoms with Crippen LogP contribution in [0.4, 0.5) is 5.69 Å². The summed E-state index contributed by atoms with van der Waals surface area (Å²) in [6.07, 6.45) is 3.25. The van der Waals surface area contributed by atoms with Gasteiger partial charge in [0.25, 0.3) is 0 Å². The van der Waals surface area contributed by atoms with Crippen LogP contribution in [0.3, 0.4) is 0 Å². The third-order valence-corrected chi connectivity index (χ3v) is 3.23. The zero-order valence-corrected chi connectivity index (χ0v) is 11.3. The van der Waals surface area contributed by atoms with E-state index in [0.29, 0.717) is 0 Å². The predicted octanol–water partition coefficient (Wildman–Crippen LogP) is 3.33. The molecule has 2 rings (SSSR count). The summed E-state index contributed by atoms with van der Waals surface area (Å²) in [4.78, 5) is 15.7. The van der Waals surface area contributed by atoms with Crippen molar-refractivity contribution in [3.63, 3.8) is 0 Å². The monoisotopic (exact) mass is 296 g/mol. The first-order valence-electron chi connectivity index (χ1n) is 5.38. The first-order chi connectivity index (χ1) is 9.08. The number of esters is 1. The van der Waals surface area contributed by atoms with Gasteiger partial charge in [-0.3, -0.25) is 4.98 Å². The second-order valence-electron chi connectivity index (χ2n) is 3.79. The lowest BCUT2D eigenvalue weighted by Crippen LogP contribution is -2.06. The number of ether oxygens (including phenoxy) is 1. The molecule has 0 aliphatic carbocycles. The van der Waals surface area contributed by atoms with E-state index in [0.717, 1.165) is 5.56 Å². The Morgan fingerprint density at radius 1 is 1.26 bits per heavy atom. The number of carbonyl (C=O) groups is 1. The minimum absolute atomic E-state index is 0.154. The molecule has 0 aliphatic heterocycles. The highest BCUT2D eigenvalue weighted by molar-refractivity contribution is 6.43. The summed E-state index contributed by atoms with van der Waals surface area (Å²) in [6.45, 7) is 0.154. The molecule has 0 saturated heterocycles. The van der Waals surface area contributed by atoms with E-state index >= 15 is 0 Å². The predicted molar refractivity (Wildman–Crippen MR) is 74.2 cm³/mol. The third-order valence-electron chi connectivity index (χ3n) is 2.41. The van der Waals surface area contributed by atoms with Gasteiger partial charge in [-0.2, -0.15) is 0 Å². The molecule has 0 atom stereocenters. The molecular formula is C13H10Cl2N2O2. The van der Waals surface area contributed by atoms with E-state index in [-0.39, 0.29) is 27.9 Å². The summed E-state index contributed by atoms with van der Waals surface area (Å²) in [5.74, 6) is -0.512. The Morgan fingerprint density at radius 2 is 1.95 bits per heavy atom. The molecule has 4 nitrogen and oxygen atoms in total. The van der Waals surface area contributed by atoms with Gasteiger partial charge in [-0.25, -0.2) is 4.79 Å². The van der Waals surface area contributed by atoms with E-state index < -0.39 is 5.97 Å². The number of hydrogen-bond acceptors (Lipinski definition) is 4. The average molecular weight is 297 g/mol. The first kappa shape index (κ1) is 13.6. The average Bonchev–Trinajstić information content (AvgIpc) is 2.42. The largest absolute Gasteiger partial charge is 0.457 e. The van der Waals surface area contributed by atoms with E-state index in [2.05, 4.69) is 4.98 Å². The van der Waals surface area contributed by atoms with Crippen molar-refractivity contribution in [1.82, 2.24) is 4.98 Å². The molecule has 98 valence electrons. The molecule has 0 unspecified atom stereocenters. The van der Waals surface area contributed by atoms with Crippen LogP contribution in [0.1, 0.15) is 15.9 Å². The Balaban J connectivity index is 2.08. The highest BCUT2D eigenvalue weighted by atomic mass is 35.5. The van der Waals surface area contributed by atoms with Crippen molar-refractivity contribution < 1.29 is 9.53 Å². The van der Waals surface area contributed by atoms with Gasteiger partial charge in [0, 0.05) is 12.4 Å². The number of nitrogens with two attached hydrogens (primary N) is 1. The van der Waals surface area contributed by atoms with E-state index in [1.165, 1.54) is 12.1 Å². The molecule has 2 N–H and O–H groups in total. The second kappa shape index (κ2) is 5.91. The fourth-order valence-electron chi connectivity index (χ4n) is 1.44. The van der Waals surface area contributed by atoms with Crippen molar-refractivity contribution in [3.05, 3.63) is 57.8 Å². The van der Waals surface area contributed by atoms with Crippen LogP contribution in [0, 0.1) is 0 Å². The van der Waals surface area contributed by atoms with Crippen molar-refractivity contribution in [2.45, 2.75) is 6.61 Å². The molecule has 0 aliphatic rings. The molecular weight excluding hydrogens is 287 g/mol. The molecule has 1 heterocycles. The zero-order chi connectivity index (χ0) is 13.8. The van der Waals surface area contributed by atoms with Crippen LogP contribution in [-0.4, -0.2) is 11.0 Å². The number of carbonyl (C=O) groups excluding carboxylic acids is 1. The number of nitrogens with zero attached hydrogens (tertiary/aromatic N) is 1. The number of halogens is 2. The number of hydrogen-bond donors (Lipinski definition) is 1. The molecule has 0 spiro atoms. The SMILES string of the molecule is Nc1cc(C(=O)OCc2ccncc2)cc(Cl)c1Cl. The van der Waals surface area contributed by atoms with Crippen LogP contribution < -0.4 is 5.73 Å². The van der Waals surface area contributed by atoms with Crippen molar-refractivity contribution >= 4 is 34.9 Å². The number of benzene rings is 1. The molecule has 2 aromatic rings. The third kappa shape index (κ3) is 3.36. The van der Waals surface area contributed by atoms with Gasteiger partial charge in [0.1, 0.15) is 6.61 Å². The first-order valence-corrected chi connectivity index (χ1v) is 6.14. The summed E-state index contributed by atoms with van der Waals surface area (Å²) in [6, 6.07) is 6.38. The molecule has 0 radical (unpaired) electrons. The number of nitrogen functional groups attached to an aromatic ring is 1. The lowest BCUT2D eigenvalue weighted by molar-refractivity contribution is 0.0472. The van der Waals surface area contributed by atoms with Crippen molar-refractivity contribution in [2.75, 3.05) is 5.73 Å². The number of anilines is 1. The molecule has 0 fully saturated rings. The van der Waals surface area contributed by atoms with Crippen molar-refractivity contribution in [1.29, 1.82) is 0 Å². The summed E-state index contributed by atoms with van der Waals surface area (Å²) >= 11 is 11.7. The van der Waals surface area contributed by atoms with Gasteiger partial charge in [0.05, 0.1) is 21.3 Å². The van der Waals surface area contributed by atoms with Crippen molar-refractivity contribution in [3.8, 4) is 0 Å². The van der Waals surface area contributed by atoms with E-state index in [9.17, 15) is 4.79 Å². The molecule has 1 aromatic heterocycles. The maximum atomic E-state index is 11.8. The van der Waals surface area contributed by atoms with E-state index in [4.69, 9.17) is 33.7 Å². The fraction of sp³-hybridized carbons (Fsp3) is 0.0769. The second-order valence-corrected chi connectivity index (χ2v) is 4.58. The molecule has 0 bridgehead atoms. The summed E-state index contributed by atoms with van der Waals surface area (Å²) in [5, 5.41) is 0.449. The van der Waals surface area contributed by atoms with Crippen LogP contribution in [-0.2, 0) is 11.3 Å². The van der Waals surface area contributed by atoms with Gasteiger partial charge in [-0.15, -0.1) is 0 Å². The lowest BCUT2D eigenvalue weighted by atomic mass is 10.2. The number of aromatic nitrogens is 1. The van der Waals surface area contributed by atoms with Crippen LogP contribution in [0.2, 0.25) is 10.0 Å². The molecule has 0 saturated carbocycles. The van der Waals surface area contributed by atoms with Crippen LogP contribution >= 0.6 is 23.2 Å². The quantitative estimate of drug-likeness (QED) is 0.697. The Kier molecular flexibility index (Phi) is 4.24. The Morgan fingerprint density at radius 3 is 2.58 bits per heavy atom. The van der Waals surface area contributed by atoms with Gasteiger partial charge in [-0.1, -0.05) is 23.2 Å². The number of pyridine rings is 1. The lowest BCUT2D eigenvalue weighted by Gasteiger charge is -2.07. The van der Waals surface area contributed by atoms with Gasteiger partial charge in [0.15, 0.2) is 0 Å². The molecule has 1 aromatic carbocycles. The summed E-state index contributed by atoms with van der Waals surface area (Å²) in [5.41, 5.74) is 6.98. The Labute approximate surface area is 120 Å². The standard InChI is InChI=1S/C13H10Cl2N2O2/c14-10-5-9(6-11(16)12(10)15)13(18)19-7-8-1-3-17-4-2-8/h1-6H,7,16H2. The number of rotatable bonds is 3. The minimum atomic E-state index is -0.512. The maximum absolute atomic E-state index is 11.8. The Bertz CT molecular complexity index is 580. The maximum Gasteiger partial charge on any atom is 0.338 e. The fourth-order valence-corrected chi connectivity index (χ4v) is 1.78. The van der Waals surface area contributed by atoms with Gasteiger partial charge >= 0.3 is 5.97 Å². The highest BCUT2D eigenvalue weighted by Crippen LogP contribution is 2.29. The van der Waals surface area contributed by atoms with E-state index in [1.54, 1.807) is 24.5 Å². The Hall–Kier alpha value is -1.78. The smallest absolute Gasteiger partial charge is 0.338 e. The molecule has 0 amide bonds. The highest BCUT2D eigenvalue weighted by Gasteiger charge is 2.12. The van der Waals surface area contributed by atoms with Gasteiger partial charge in [-0.05, 0) is 29.8 Å². The zero-order valence-electron chi connectivity index (χ0n) is 9.77. The summed E-state index contributed by atoms with van der Waals surface area (Å²) < 4.78 is 5.14. The van der Waals surface area contributed by atoms with E-state index in [1.807, 2.05) is 0 Å². The minimum Gasteiger partial charge on any atom is -0.457 e. The normalized spacial score (nSPS) is 10.2. The van der Waals surface area contributed by atoms with Gasteiger partial charge in [0.2, 0.25) is 0 Å².